The van der Waals surface area contributed by atoms with Gasteiger partial charge in [-0.3, -0.25) is 0 Å². The Morgan fingerprint density at radius 3 is 2.62 bits per heavy atom. The molecule has 0 aromatic heterocycles. The highest BCUT2D eigenvalue weighted by Crippen LogP contribution is 1.99. The van der Waals surface area contributed by atoms with Crippen molar-refractivity contribution in [3.8, 4) is 0 Å². The first-order valence-electron chi connectivity index (χ1n) is 4.51. The standard InChI is InChI=1S/C10H20ClNO/c1-9(2)5-6-12(3)7-10(11)8-13-4/h5,10H,6-8H2,1-4H3. The minimum atomic E-state index is 0.0839. The summed E-state index contributed by atoms with van der Waals surface area (Å²) in [6, 6.07) is 0. The summed E-state index contributed by atoms with van der Waals surface area (Å²) in [6.07, 6.45) is 2.19. The van der Waals surface area contributed by atoms with Gasteiger partial charge in [0.25, 0.3) is 0 Å². The van der Waals surface area contributed by atoms with Crippen molar-refractivity contribution in [1.29, 1.82) is 0 Å². The summed E-state index contributed by atoms with van der Waals surface area (Å²) in [5, 5.41) is 0.0839. The Bertz CT molecular complexity index is 155. The highest BCUT2D eigenvalue weighted by molar-refractivity contribution is 6.20. The number of likely N-dealkylation sites (N-methyl/N-ethyl adjacent to an activating group) is 1. The van der Waals surface area contributed by atoms with Gasteiger partial charge < -0.3 is 9.64 Å². The Morgan fingerprint density at radius 1 is 1.54 bits per heavy atom. The molecule has 0 spiro atoms. The zero-order valence-electron chi connectivity index (χ0n) is 9.01. The summed E-state index contributed by atoms with van der Waals surface area (Å²) < 4.78 is 4.96. The number of nitrogens with zero attached hydrogens (tertiary/aromatic N) is 1. The van der Waals surface area contributed by atoms with Gasteiger partial charge in [-0.1, -0.05) is 11.6 Å². The summed E-state index contributed by atoms with van der Waals surface area (Å²) in [5.41, 5.74) is 1.34. The van der Waals surface area contributed by atoms with Crippen LogP contribution < -0.4 is 0 Å². The van der Waals surface area contributed by atoms with Crippen LogP contribution in [0.15, 0.2) is 11.6 Å². The van der Waals surface area contributed by atoms with Crippen molar-refractivity contribution in [2.24, 2.45) is 0 Å². The number of alkyl halides is 1. The first kappa shape index (κ1) is 12.9. The third-order valence-electron chi connectivity index (χ3n) is 1.67. The summed E-state index contributed by atoms with van der Waals surface area (Å²) in [5.74, 6) is 0. The van der Waals surface area contributed by atoms with E-state index in [-0.39, 0.29) is 5.38 Å². The van der Waals surface area contributed by atoms with Gasteiger partial charge in [0.1, 0.15) is 0 Å². The molecule has 0 rings (SSSR count). The van der Waals surface area contributed by atoms with Crippen molar-refractivity contribution in [2.45, 2.75) is 19.2 Å². The lowest BCUT2D eigenvalue weighted by Crippen LogP contribution is -2.28. The zero-order chi connectivity index (χ0) is 10.3. The molecule has 1 unspecified atom stereocenters. The van der Waals surface area contributed by atoms with Crippen LogP contribution in [0.5, 0.6) is 0 Å². The Labute approximate surface area is 86.5 Å². The van der Waals surface area contributed by atoms with Gasteiger partial charge in [-0.15, -0.1) is 11.6 Å². The van der Waals surface area contributed by atoms with Crippen LogP contribution in [-0.4, -0.2) is 44.1 Å². The Hall–Kier alpha value is -0.0500. The third kappa shape index (κ3) is 8.28. The van der Waals surface area contributed by atoms with Gasteiger partial charge in [-0.2, -0.15) is 0 Å². The van der Waals surface area contributed by atoms with Crippen LogP contribution in [0.1, 0.15) is 13.8 Å². The molecule has 0 aliphatic carbocycles. The van der Waals surface area contributed by atoms with Gasteiger partial charge in [0, 0.05) is 20.2 Å². The summed E-state index contributed by atoms with van der Waals surface area (Å²) >= 11 is 6.00. The van der Waals surface area contributed by atoms with Crippen LogP contribution in [0.4, 0.5) is 0 Å². The van der Waals surface area contributed by atoms with Crippen LogP contribution in [0, 0.1) is 0 Å². The maximum atomic E-state index is 6.00. The molecule has 0 aliphatic heterocycles. The molecule has 2 nitrogen and oxygen atoms in total. The minimum absolute atomic E-state index is 0.0839. The van der Waals surface area contributed by atoms with Crippen molar-refractivity contribution in [1.82, 2.24) is 4.90 Å². The predicted octanol–water partition coefficient (Wildman–Crippen LogP) is 2.14. The van der Waals surface area contributed by atoms with E-state index in [1.807, 2.05) is 0 Å². The largest absolute Gasteiger partial charge is 0.383 e. The topological polar surface area (TPSA) is 12.5 Å². The van der Waals surface area contributed by atoms with Gasteiger partial charge in [-0.05, 0) is 20.9 Å². The molecule has 13 heavy (non-hydrogen) atoms. The van der Waals surface area contributed by atoms with E-state index in [0.717, 1.165) is 13.1 Å². The number of rotatable bonds is 6. The third-order valence-corrected chi connectivity index (χ3v) is 1.93. The number of hydrogen-bond donors (Lipinski definition) is 0. The van der Waals surface area contributed by atoms with Crippen molar-refractivity contribution in [2.75, 3.05) is 33.9 Å². The number of hydrogen-bond acceptors (Lipinski definition) is 2. The lowest BCUT2D eigenvalue weighted by Gasteiger charge is -2.17. The maximum Gasteiger partial charge on any atom is 0.0696 e. The lowest BCUT2D eigenvalue weighted by molar-refractivity contribution is 0.185. The van der Waals surface area contributed by atoms with Crippen LogP contribution in [-0.2, 0) is 4.74 Å². The normalized spacial score (nSPS) is 13.1. The van der Waals surface area contributed by atoms with Gasteiger partial charge in [-0.25, -0.2) is 0 Å². The number of ether oxygens (including phenoxy) is 1. The molecule has 78 valence electrons. The molecule has 0 N–H and O–H groups in total. The van der Waals surface area contributed by atoms with E-state index in [0.29, 0.717) is 6.61 Å². The number of halogens is 1. The second kappa shape index (κ2) is 7.36. The number of allylic oxidation sites excluding steroid dienone is 1. The molecule has 0 saturated heterocycles. The number of methoxy groups -OCH3 is 1. The molecule has 0 saturated carbocycles. The second-order valence-corrected chi connectivity index (χ2v) is 4.17. The van der Waals surface area contributed by atoms with E-state index in [9.17, 15) is 0 Å². The highest BCUT2D eigenvalue weighted by atomic mass is 35.5. The molecular formula is C10H20ClNO. The summed E-state index contributed by atoms with van der Waals surface area (Å²) in [6.45, 7) is 6.62. The Morgan fingerprint density at radius 2 is 2.15 bits per heavy atom. The van der Waals surface area contributed by atoms with Crippen LogP contribution in [0.2, 0.25) is 0 Å². The van der Waals surface area contributed by atoms with E-state index in [1.165, 1.54) is 5.57 Å². The molecule has 0 amide bonds. The Kier molecular flexibility index (Phi) is 7.33. The fourth-order valence-corrected chi connectivity index (χ4v) is 1.35. The average molecular weight is 206 g/mol. The smallest absolute Gasteiger partial charge is 0.0696 e. The van der Waals surface area contributed by atoms with Crippen molar-refractivity contribution >= 4 is 11.6 Å². The van der Waals surface area contributed by atoms with Crippen LogP contribution >= 0.6 is 11.6 Å². The van der Waals surface area contributed by atoms with E-state index in [2.05, 4.69) is 31.9 Å². The molecule has 0 aliphatic rings. The van der Waals surface area contributed by atoms with Crippen molar-refractivity contribution in [3.05, 3.63) is 11.6 Å². The van der Waals surface area contributed by atoms with Crippen LogP contribution in [0.3, 0.4) is 0 Å². The maximum absolute atomic E-state index is 6.00. The van der Waals surface area contributed by atoms with E-state index in [1.54, 1.807) is 7.11 Å². The molecule has 1 atom stereocenters. The Balaban J connectivity index is 3.61. The molecular weight excluding hydrogens is 186 g/mol. The molecule has 0 heterocycles. The van der Waals surface area contributed by atoms with Crippen LogP contribution in [0.25, 0.3) is 0 Å². The zero-order valence-corrected chi connectivity index (χ0v) is 9.77. The van der Waals surface area contributed by atoms with Crippen molar-refractivity contribution in [3.63, 3.8) is 0 Å². The summed E-state index contributed by atoms with van der Waals surface area (Å²) in [7, 11) is 3.73. The van der Waals surface area contributed by atoms with Crippen molar-refractivity contribution < 1.29 is 4.74 Å². The monoisotopic (exact) mass is 205 g/mol. The molecule has 0 bridgehead atoms. The predicted molar refractivity (Wildman–Crippen MR) is 58.4 cm³/mol. The van der Waals surface area contributed by atoms with Gasteiger partial charge in [0.2, 0.25) is 0 Å². The molecule has 0 aromatic carbocycles. The molecule has 0 radical (unpaired) electrons. The lowest BCUT2D eigenvalue weighted by atomic mass is 10.3. The fourth-order valence-electron chi connectivity index (χ4n) is 0.985. The quantitative estimate of drug-likeness (QED) is 0.487. The van der Waals surface area contributed by atoms with Gasteiger partial charge >= 0.3 is 0 Å². The molecule has 3 heteroatoms. The van der Waals surface area contributed by atoms with Gasteiger partial charge in [0.15, 0.2) is 0 Å². The highest BCUT2D eigenvalue weighted by Gasteiger charge is 2.06. The summed E-state index contributed by atoms with van der Waals surface area (Å²) in [4.78, 5) is 2.18. The molecule has 0 fully saturated rings. The van der Waals surface area contributed by atoms with E-state index in [4.69, 9.17) is 16.3 Å². The second-order valence-electron chi connectivity index (χ2n) is 3.56. The average Bonchev–Trinajstić information content (AvgIpc) is 2.01. The van der Waals surface area contributed by atoms with E-state index >= 15 is 0 Å². The van der Waals surface area contributed by atoms with Gasteiger partial charge in [0.05, 0.1) is 12.0 Å². The first-order valence-corrected chi connectivity index (χ1v) is 4.94. The fraction of sp³-hybridized carbons (Fsp3) is 0.800. The molecule has 0 aromatic rings. The SMILES string of the molecule is COCC(Cl)CN(C)CC=C(C)C. The van der Waals surface area contributed by atoms with E-state index < -0.39 is 0 Å². The first-order chi connectivity index (χ1) is 6.06. The minimum Gasteiger partial charge on any atom is -0.383 e.